The smallest absolute Gasteiger partial charge is 0.111 e. The number of alkyl halides is 1. The molecule has 0 N–H and O–H groups in total. The number of fused-ring (bicyclic) bond motifs is 1. The predicted octanol–water partition coefficient (Wildman–Crippen LogP) is 4.13. The van der Waals surface area contributed by atoms with Gasteiger partial charge in [-0.05, 0) is 49.2 Å². The molecule has 2 heterocycles. The van der Waals surface area contributed by atoms with Gasteiger partial charge in [0.1, 0.15) is 5.82 Å². The molecule has 0 saturated carbocycles. The summed E-state index contributed by atoms with van der Waals surface area (Å²) < 4.78 is 2.29. The summed E-state index contributed by atoms with van der Waals surface area (Å²) in [5.74, 6) is 1.61. The van der Waals surface area contributed by atoms with Crippen LogP contribution in [0.2, 0.25) is 0 Å². The van der Waals surface area contributed by atoms with Crippen molar-refractivity contribution in [1.29, 1.82) is 0 Å². The van der Waals surface area contributed by atoms with Gasteiger partial charge in [0.25, 0.3) is 0 Å². The number of rotatable bonds is 4. The van der Waals surface area contributed by atoms with Crippen LogP contribution in [-0.4, -0.2) is 20.4 Å². The Morgan fingerprint density at radius 1 is 1.19 bits per heavy atom. The van der Waals surface area contributed by atoms with Crippen LogP contribution in [0.15, 0.2) is 42.7 Å². The molecule has 3 aromatic rings. The van der Waals surface area contributed by atoms with E-state index in [4.69, 9.17) is 16.6 Å². The molecule has 0 aliphatic carbocycles. The molecule has 1 unspecified atom stereocenters. The monoisotopic (exact) mass is 299 g/mol. The lowest BCUT2D eigenvalue weighted by Crippen LogP contribution is -2.11. The molecule has 1 atom stereocenters. The molecule has 0 amide bonds. The summed E-state index contributed by atoms with van der Waals surface area (Å²) in [6.45, 7) is 4.30. The van der Waals surface area contributed by atoms with Gasteiger partial charge in [0, 0.05) is 24.7 Å². The van der Waals surface area contributed by atoms with Crippen LogP contribution in [0.3, 0.4) is 0 Å². The predicted molar refractivity (Wildman–Crippen MR) is 86.9 cm³/mol. The van der Waals surface area contributed by atoms with Crippen LogP contribution in [0.25, 0.3) is 11.0 Å². The number of hydrogen-bond acceptors (Lipinski definition) is 2. The fraction of sp³-hybridized carbons (Fsp3) is 0.294. The average Bonchev–Trinajstić information content (AvgIpc) is 2.85. The summed E-state index contributed by atoms with van der Waals surface area (Å²) in [6.07, 6.45) is 4.43. The zero-order valence-electron chi connectivity index (χ0n) is 12.3. The Labute approximate surface area is 129 Å². The third kappa shape index (κ3) is 2.66. The van der Waals surface area contributed by atoms with Gasteiger partial charge < -0.3 is 4.57 Å². The van der Waals surface area contributed by atoms with Crippen molar-refractivity contribution in [3.8, 4) is 0 Å². The normalized spacial score (nSPS) is 12.7. The summed E-state index contributed by atoms with van der Waals surface area (Å²) in [7, 11) is 0. The molecule has 108 valence electrons. The highest BCUT2D eigenvalue weighted by Gasteiger charge is 2.17. The standard InChI is InChI=1S/C17H18ClN3/c1-12-3-4-15-16(11-12)21(17(20-15)5-8-18)13(2)14-6-9-19-10-7-14/h3-4,6-7,9-11,13H,5,8H2,1-2H3. The maximum atomic E-state index is 5.95. The number of aryl methyl sites for hydroxylation is 2. The topological polar surface area (TPSA) is 30.7 Å². The van der Waals surface area contributed by atoms with Gasteiger partial charge in [0.05, 0.1) is 17.1 Å². The third-order valence-corrected chi connectivity index (χ3v) is 4.00. The lowest BCUT2D eigenvalue weighted by molar-refractivity contribution is 0.623. The van der Waals surface area contributed by atoms with Gasteiger partial charge in [-0.2, -0.15) is 0 Å². The molecule has 3 rings (SSSR count). The lowest BCUT2D eigenvalue weighted by atomic mass is 10.1. The Bertz CT molecular complexity index is 749. The summed E-state index contributed by atoms with van der Waals surface area (Å²) in [5.41, 5.74) is 4.66. The first-order valence-electron chi connectivity index (χ1n) is 7.14. The van der Waals surface area contributed by atoms with Gasteiger partial charge in [0.2, 0.25) is 0 Å². The first-order chi connectivity index (χ1) is 10.2. The van der Waals surface area contributed by atoms with Crippen molar-refractivity contribution in [1.82, 2.24) is 14.5 Å². The number of benzene rings is 1. The van der Waals surface area contributed by atoms with Crippen LogP contribution in [0.4, 0.5) is 0 Å². The van der Waals surface area contributed by atoms with Gasteiger partial charge in [-0.1, -0.05) is 6.07 Å². The highest BCUT2D eigenvalue weighted by Crippen LogP contribution is 2.27. The largest absolute Gasteiger partial charge is 0.321 e. The van der Waals surface area contributed by atoms with E-state index in [2.05, 4.69) is 53.7 Å². The minimum absolute atomic E-state index is 0.206. The second-order valence-corrected chi connectivity index (χ2v) is 5.66. The molecule has 0 bridgehead atoms. The number of pyridine rings is 1. The van der Waals surface area contributed by atoms with Crippen molar-refractivity contribution in [2.75, 3.05) is 5.88 Å². The van der Waals surface area contributed by atoms with Gasteiger partial charge in [-0.15, -0.1) is 11.6 Å². The molecule has 3 nitrogen and oxygen atoms in total. The summed E-state index contributed by atoms with van der Waals surface area (Å²) >= 11 is 5.95. The molecule has 0 aliphatic rings. The molecule has 1 aromatic carbocycles. The SMILES string of the molecule is Cc1ccc2nc(CCCl)n(C(C)c3ccncc3)c2c1. The fourth-order valence-corrected chi connectivity index (χ4v) is 2.91. The second-order valence-electron chi connectivity index (χ2n) is 5.29. The Morgan fingerprint density at radius 3 is 2.67 bits per heavy atom. The van der Waals surface area contributed by atoms with E-state index in [1.807, 2.05) is 12.4 Å². The highest BCUT2D eigenvalue weighted by atomic mass is 35.5. The van der Waals surface area contributed by atoms with Crippen LogP contribution in [-0.2, 0) is 6.42 Å². The second kappa shape index (κ2) is 5.86. The number of hydrogen-bond donors (Lipinski definition) is 0. The van der Waals surface area contributed by atoms with Crippen LogP contribution < -0.4 is 0 Å². The molecular weight excluding hydrogens is 282 g/mol. The fourth-order valence-electron chi connectivity index (χ4n) is 2.74. The van der Waals surface area contributed by atoms with Crippen LogP contribution in [0.1, 0.15) is 29.9 Å². The zero-order valence-corrected chi connectivity index (χ0v) is 13.0. The Balaban J connectivity index is 2.18. The van der Waals surface area contributed by atoms with Crippen LogP contribution >= 0.6 is 11.6 Å². The third-order valence-electron chi connectivity index (χ3n) is 3.81. The minimum Gasteiger partial charge on any atom is -0.321 e. The first kappa shape index (κ1) is 14.1. The van der Waals surface area contributed by atoms with E-state index in [1.54, 1.807) is 0 Å². The molecule has 4 heteroatoms. The summed E-state index contributed by atoms with van der Waals surface area (Å²) in [4.78, 5) is 8.85. The van der Waals surface area contributed by atoms with Crippen molar-refractivity contribution in [3.05, 3.63) is 59.7 Å². The van der Waals surface area contributed by atoms with E-state index in [1.165, 1.54) is 16.6 Å². The maximum absolute atomic E-state index is 5.95. The van der Waals surface area contributed by atoms with Gasteiger partial charge >= 0.3 is 0 Å². The lowest BCUT2D eigenvalue weighted by Gasteiger charge is -2.18. The molecule has 0 fully saturated rings. The quantitative estimate of drug-likeness (QED) is 0.678. The van der Waals surface area contributed by atoms with E-state index in [0.29, 0.717) is 5.88 Å². The van der Waals surface area contributed by atoms with Crippen molar-refractivity contribution < 1.29 is 0 Å². The van der Waals surface area contributed by atoms with E-state index in [-0.39, 0.29) is 6.04 Å². The van der Waals surface area contributed by atoms with Crippen LogP contribution in [0.5, 0.6) is 0 Å². The zero-order chi connectivity index (χ0) is 14.8. The highest BCUT2D eigenvalue weighted by molar-refractivity contribution is 6.17. The van der Waals surface area contributed by atoms with E-state index < -0.39 is 0 Å². The van der Waals surface area contributed by atoms with Crippen molar-refractivity contribution >= 4 is 22.6 Å². The van der Waals surface area contributed by atoms with Crippen molar-refractivity contribution in [3.63, 3.8) is 0 Å². The van der Waals surface area contributed by atoms with E-state index in [9.17, 15) is 0 Å². The number of halogens is 1. The molecule has 0 spiro atoms. The molecule has 0 radical (unpaired) electrons. The van der Waals surface area contributed by atoms with Crippen molar-refractivity contribution in [2.45, 2.75) is 26.3 Å². The minimum atomic E-state index is 0.206. The van der Waals surface area contributed by atoms with E-state index >= 15 is 0 Å². The number of nitrogens with zero attached hydrogens (tertiary/aromatic N) is 3. The Morgan fingerprint density at radius 2 is 1.95 bits per heavy atom. The molecule has 0 aliphatic heterocycles. The van der Waals surface area contributed by atoms with E-state index in [0.717, 1.165) is 17.8 Å². The van der Waals surface area contributed by atoms with Gasteiger partial charge in [-0.25, -0.2) is 4.98 Å². The molecule has 21 heavy (non-hydrogen) atoms. The Kier molecular flexibility index (Phi) is 3.93. The van der Waals surface area contributed by atoms with Gasteiger partial charge in [0.15, 0.2) is 0 Å². The maximum Gasteiger partial charge on any atom is 0.111 e. The molecule has 0 saturated heterocycles. The average molecular weight is 300 g/mol. The molecule has 2 aromatic heterocycles. The van der Waals surface area contributed by atoms with Gasteiger partial charge in [-0.3, -0.25) is 4.98 Å². The first-order valence-corrected chi connectivity index (χ1v) is 7.67. The summed E-state index contributed by atoms with van der Waals surface area (Å²) in [6, 6.07) is 10.7. The molecular formula is C17H18ClN3. The van der Waals surface area contributed by atoms with Crippen molar-refractivity contribution in [2.24, 2.45) is 0 Å². The Hall–Kier alpha value is -1.87. The summed E-state index contributed by atoms with van der Waals surface area (Å²) in [5, 5.41) is 0. The van der Waals surface area contributed by atoms with Crippen LogP contribution in [0, 0.1) is 6.92 Å². The number of imidazole rings is 1. The number of aromatic nitrogens is 3.